The average Bonchev–Trinajstić information content (AvgIpc) is 2.15. The van der Waals surface area contributed by atoms with E-state index < -0.39 is 0 Å². The first-order valence-corrected chi connectivity index (χ1v) is 6.16. The Morgan fingerprint density at radius 1 is 1.38 bits per heavy atom. The lowest BCUT2D eigenvalue weighted by molar-refractivity contribution is -0.00521. The van der Waals surface area contributed by atoms with Crippen molar-refractivity contribution in [2.24, 2.45) is 0 Å². The van der Waals surface area contributed by atoms with Gasteiger partial charge in [-0.15, -0.1) is 0 Å². The second-order valence-corrected chi connectivity index (χ2v) is 5.08. The molecule has 1 saturated heterocycles. The van der Waals surface area contributed by atoms with Crippen LogP contribution in [-0.2, 0) is 4.74 Å². The van der Waals surface area contributed by atoms with Crippen LogP contribution in [0.1, 0.15) is 13.8 Å². The molecule has 1 aromatic rings. The van der Waals surface area contributed by atoms with Crippen LogP contribution in [0.3, 0.4) is 0 Å². The maximum Gasteiger partial charge on any atom is 0.0777 e. The minimum Gasteiger partial charge on any atom is -0.396 e. The molecule has 0 amide bonds. The van der Waals surface area contributed by atoms with Gasteiger partial charge in [0.05, 0.1) is 34.3 Å². The molecule has 2 atom stereocenters. The number of halogens is 1. The van der Waals surface area contributed by atoms with Gasteiger partial charge in [0, 0.05) is 19.3 Å². The molecule has 88 valence electrons. The number of nitrogens with two attached hydrogens (primary N) is 1. The van der Waals surface area contributed by atoms with Crippen molar-refractivity contribution >= 4 is 27.3 Å². The molecule has 5 heteroatoms. The molecule has 0 bridgehead atoms. The highest BCUT2D eigenvalue weighted by Crippen LogP contribution is 2.32. The third-order valence-corrected chi connectivity index (χ3v) is 3.22. The summed E-state index contributed by atoms with van der Waals surface area (Å²) < 4.78 is 6.64. The number of morpholine rings is 1. The predicted octanol–water partition coefficient (Wildman–Crippen LogP) is 2.04. The minimum atomic E-state index is 0.225. The molecule has 4 nitrogen and oxygen atoms in total. The summed E-state index contributed by atoms with van der Waals surface area (Å²) in [5.74, 6) is 0. The summed E-state index contributed by atoms with van der Waals surface area (Å²) in [6.45, 7) is 5.87. The van der Waals surface area contributed by atoms with Gasteiger partial charge in [-0.3, -0.25) is 4.98 Å². The van der Waals surface area contributed by atoms with E-state index in [0.29, 0.717) is 5.69 Å². The fraction of sp³-hybridized carbons (Fsp3) is 0.545. The highest BCUT2D eigenvalue weighted by Gasteiger charge is 2.24. The molecule has 1 aromatic heterocycles. The standard InChI is InChI=1S/C11H16BrN3O/c1-7-5-15(6-8(2)16-7)11-9(12)3-14-4-10(11)13/h3-4,7-8H,5-6,13H2,1-2H3/t7-,8+. The van der Waals surface area contributed by atoms with Gasteiger partial charge < -0.3 is 15.4 Å². The molecular formula is C11H16BrN3O. The number of aromatic nitrogens is 1. The van der Waals surface area contributed by atoms with Gasteiger partial charge >= 0.3 is 0 Å². The third kappa shape index (κ3) is 2.30. The summed E-state index contributed by atoms with van der Waals surface area (Å²) in [6, 6.07) is 0. The van der Waals surface area contributed by atoms with Crippen LogP contribution in [0.25, 0.3) is 0 Å². The Bertz CT molecular complexity index is 355. The van der Waals surface area contributed by atoms with Crippen molar-refractivity contribution < 1.29 is 4.74 Å². The Morgan fingerprint density at radius 2 is 2.00 bits per heavy atom. The van der Waals surface area contributed by atoms with Crippen LogP contribution in [-0.4, -0.2) is 30.3 Å². The highest BCUT2D eigenvalue weighted by molar-refractivity contribution is 9.10. The zero-order chi connectivity index (χ0) is 11.7. The van der Waals surface area contributed by atoms with Gasteiger partial charge in [-0.05, 0) is 29.8 Å². The van der Waals surface area contributed by atoms with Gasteiger partial charge in [-0.1, -0.05) is 0 Å². The van der Waals surface area contributed by atoms with E-state index in [-0.39, 0.29) is 12.2 Å². The first kappa shape index (κ1) is 11.7. The van der Waals surface area contributed by atoms with Crippen LogP contribution in [0.2, 0.25) is 0 Å². The highest BCUT2D eigenvalue weighted by atomic mass is 79.9. The Labute approximate surface area is 104 Å². The van der Waals surface area contributed by atoms with Crippen molar-refractivity contribution in [2.75, 3.05) is 23.7 Å². The van der Waals surface area contributed by atoms with Gasteiger partial charge in [0.1, 0.15) is 0 Å². The van der Waals surface area contributed by atoms with E-state index in [2.05, 4.69) is 39.7 Å². The zero-order valence-electron chi connectivity index (χ0n) is 9.48. The molecule has 1 fully saturated rings. The molecule has 1 aliphatic rings. The minimum absolute atomic E-state index is 0.225. The van der Waals surface area contributed by atoms with E-state index in [1.807, 2.05) is 0 Å². The zero-order valence-corrected chi connectivity index (χ0v) is 11.1. The van der Waals surface area contributed by atoms with Crippen molar-refractivity contribution in [1.82, 2.24) is 4.98 Å². The average molecular weight is 286 g/mol. The van der Waals surface area contributed by atoms with E-state index in [1.54, 1.807) is 12.4 Å². The molecule has 0 spiro atoms. The number of anilines is 2. The molecule has 2 rings (SSSR count). The van der Waals surface area contributed by atoms with Crippen molar-refractivity contribution in [3.8, 4) is 0 Å². The Hall–Kier alpha value is -0.810. The number of nitrogens with zero attached hydrogens (tertiary/aromatic N) is 2. The van der Waals surface area contributed by atoms with Crippen LogP contribution in [0.15, 0.2) is 16.9 Å². The Balaban J connectivity index is 2.29. The lowest BCUT2D eigenvalue weighted by Crippen LogP contribution is -2.45. The first-order valence-electron chi connectivity index (χ1n) is 5.37. The van der Waals surface area contributed by atoms with Crippen molar-refractivity contribution in [3.05, 3.63) is 16.9 Å². The molecule has 0 radical (unpaired) electrons. The van der Waals surface area contributed by atoms with Gasteiger partial charge in [0.2, 0.25) is 0 Å². The van der Waals surface area contributed by atoms with Crippen LogP contribution in [0.4, 0.5) is 11.4 Å². The first-order chi connectivity index (χ1) is 7.58. The van der Waals surface area contributed by atoms with E-state index in [1.165, 1.54) is 0 Å². The molecule has 0 saturated carbocycles. The Kier molecular flexibility index (Phi) is 3.35. The third-order valence-electron chi connectivity index (χ3n) is 2.64. The summed E-state index contributed by atoms with van der Waals surface area (Å²) >= 11 is 3.50. The molecule has 2 N–H and O–H groups in total. The number of nitrogen functional groups attached to an aromatic ring is 1. The quantitative estimate of drug-likeness (QED) is 0.858. The molecular weight excluding hydrogens is 270 g/mol. The van der Waals surface area contributed by atoms with E-state index in [0.717, 1.165) is 23.2 Å². The fourth-order valence-corrected chi connectivity index (χ4v) is 2.74. The monoisotopic (exact) mass is 285 g/mol. The van der Waals surface area contributed by atoms with E-state index >= 15 is 0 Å². The van der Waals surface area contributed by atoms with Crippen LogP contribution in [0, 0.1) is 0 Å². The largest absolute Gasteiger partial charge is 0.396 e. The van der Waals surface area contributed by atoms with Crippen LogP contribution < -0.4 is 10.6 Å². The van der Waals surface area contributed by atoms with Crippen molar-refractivity contribution in [1.29, 1.82) is 0 Å². The number of hydrogen-bond acceptors (Lipinski definition) is 4. The summed E-state index contributed by atoms with van der Waals surface area (Å²) in [5, 5.41) is 0. The van der Waals surface area contributed by atoms with E-state index in [4.69, 9.17) is 10.5 Å². The number of ether oxygens (including phenoxy) is 1. The summed E-state index contributed by atoms with van der Waals surface area (Å²) in [6.07, 6.45) is 3.91. The Morgan fingerprint density at radius 3 is 2.56 bits per heavy atom. The van der Waals surface area contributed by atoms with E-state index in [9.17, 15) is 0 Å². The molecule has 0 unspecified atom stereocenters. The second kappa shape index (κ2) is 4.59. The lowest BCUT2D eigenvalue weighted by atomic mass is 10.2. The lowest BCUT2D eigenvalue weighted by Gasteiger charge is -2.37. The number of pyridine rings is 1. The second-order valence-electron chi connectivity index (χ2n) is 4.22. The van der Waals surface area contributed by atoms with Crippen LogP contribution in [0.5, 0.6) is 0 Å². The molecule has 16 heavy (non-hydrogen) atoms. The van der Waals surface area contributed by atoms with Crippen molar-refractivity contribution in [3.63, 3.8) is 0 Å². The van der Waals surface area contributed by atoms with Gasteiger partial charge in [-0.2, -0.15) is 0 Å². The molecule has 0 aliphatic carbocycles. The maximum absolute atomic E-state index is 5.97. The van der Waals surface area contributed by atoms with Gasteiger partial charge in [-0.25, -0.2) is 0 Å². The topological polar surface area (TPSA) is 51.4 Å². The van der Waals surface area contributed by atoms with Crippen molar-refractivity contribution in [2.45, 2.75) is 26.1 Å². The molecule has 2 heterocycles. The predicted molar refractivity (Wildman–Crippen MR) is 68.6 cm³/mol. The molecule has 1 aliphatic heterocycles. The number of hydrogen-bond donors (Lipinski definition) is 1. The summed E-state index contributed by atoms with van der Waals surface area (Å²) in [5.41, 5.74) is 7.70. The maximum atomic E-state index is 5.97. The number of rotatable bonds is 1. The fourth-order valence-electron chi connectivity index (χ4n) is 2.14. The smallest absolute Gasteiger partial charge is 0.0777 e. The summed E-state index contributed by atoms with van der Waals surface area (Å²) in [7, 11) is 0. The van der Waals surface area contributed by atoms with Gasteiger partial charge in [0.25, 0.3) is 0 Å². The van der Waals surface area contributed by atoms with Crippen LogP contribution >= 0.6 is 15.9 Å². The SMILES string of the molecule is C[C@@H]1CN(c2c(N)cncc2Br)C[C@H](C)O1. The van der Waals surface area contributed by atoms with Gasteiger partial charge in [0.15, 0.2) is 0 Å². The summed E-state index contributed by atoms with van der Waals surface area (Å²) in [4.78, 5) is 6.30. The normalized spacial score (nSPS) is 25.8. The molecule has 0 aromatic carbocycles.